The minimum absolute atomic E-state index is 0.0806. The first-order chi connectivity index (χ1) is 11.1. The summed E-state index contributed by atoms with van der Waals surface area (Å²) in [7, 11) is 0. The summed E-state index contributed by atoms with van der Waals surface area (Å²) >= 11 is 1.62. The number of fused-ring (bicyclic) bond motifs is 2. The molecule has 8 heteroatoms. The van der Waals surface area contributed by atoms with Crippen molar-refractivity contribution in [2.45, 2.75) is 6.92 Å². The molecule has 114 valence electrons. The van der Waals surface area contributed by atoms with E-state index in [2.05, 4.69) is 25.3 Å². The van der Waals surface area contributed by atoms with Crippen molar-refractivity contribution in [2.24, 2.45) is 0 Å². The Morgan fingerprint density at radius 2 is 2.17 bits per heavy atom. The number of anilines is 2. The minimum atomic E-state index is -1.03. The molecule has 0 aliphatic carbocycles. The quantitative estimate of drug-likeness (QED) is 0.534. The second-order valence-corrected chi connectivity index (χ2v) is 6.25. The Hall–Kier alpha value is -3.00. The van der Waals surface area contributed by atoms with Gasteiger partial charge in [0.15, 0.2) is 0 Å². The van der Waals surface area contributed by atoms with Crippen LogP contribution in [0, 0.1) is 6.92 Å². The highest BCUT2D eigenvalue weighted by atomic mass is 32.1. The Balaban J connectivity index is 1.77. The van der Waals surface area contributed by atoms with Gasteiger partial charge in [0, 0.05) is 5.69 Å². The Labute approximate surface area is 134 Å². The van der Waals surface area contributed by atoms with Gasteiger partial charge in [-0.1, -0.05) is 0 Å². The maximum Gasteiger partial charge on any atom is 0.352 e. The number of hydrogen-bond acceptors (Lipinski definition) is 6. The average Bonchev–Trinajstić information content (AvgIpc) is 3.10. The van der Waals surface area contributed by atoms with Crippen LogP contribution in [0.1, 0.15) is 15.5 Å². The number of nitrogens with zero attached hydrogens (tertiary/aromatic N) is 3. The molecule has 0 aliphatic rings. The number of carboxylic acids is 1. The van der Waals surface area contributed by atoms with Crippen molar-refractivity contribution in [1.82, 2.24) is 19.9 Å². The predicted molar refractivity (Wildman–Crippen MR) is 88.5 cm³/mol. The lowest BCUT2D eigenvalue weighted by atomic mass is 10.3. The number of aromatic carboxylic acids is 1. The molecule has 0 unspecified atom stereocenters. The van der Waals surface area contributed by atoms with E-state index in [9.17, 15) is 4.79 Å². The smallest absolute Gasteiger partial charge is 0.352 e. The molecule has 0 aliphatic heterocycles. The van der Waals surface area contributed by atoms with Crippen LogP contribution in [0.4, 0.5) is 11.5 Å². The average molecular weight is 325 g/mol. The number of aromatic nitrogens is 4. The van der Waals surface area contributed by atoms with Gasteiger partial charge < -0.3 is 15.4 Å². The second kappa shape index (κ2) is 5.03. The molecule has 7 nitrogen and oxygen atoms in total. The fraction of sp³-hybridized carbons (Fsp3) is 0.0667. The summed E-state index contributed by atoms with van der Waals surface area (Å²) in [6.45, 7) is 1.97. The molecule has 0 atom stereocenters. The molecule has 4 aromatic rings. The molecule has 23 heavy (non-hydrogen) atoms. The lowest BCUT2D eigenvalue weighted by Crippen LogP contribution is -1.94. The van der Waals surface area contributed by atoms with Gasteiger partial charge in [0.1, 0.15) is 23.5 Å². The maximum atomic E-state index is 11.1. The lowest BCUT2D eigenvalue weighted by molar-refractivity contribution is 0.0691. The van der Waals surface area contributed by atoms with Crippen LogP contribution in [0.2, 0.25) is 0 Å². The Kier molecular flexibility index (Phi) is 2.98. The molecule has 0 spiro atoms. The van der Waals surface area contributed by atoms with Gasteiger partial charge in [0.05, 0.1) is 20.6 Å². The van der Waals surface area contributed by atoms with Crippen molar-refractivity contribution in [2.75, 3.05) is 5.32 Å². The summed E-state index contributed by atoms with van der Waals surface area (Å²) in [5, 5.41) is 13.9. The van der Waals surface area contributed by atoms with Gasteiger partial charge >= 0.3 is 5.97 Å². The SMILES string of the molecule is Cc1nc2ccc(Nc3ncnc4[nH]c(C(=O)O)cc34)cc2s1. The number of nitrogens with one attached hydrogen (secondary N) is 2. The van der Waals surface area contributed by atoms with E-state index in [1.165, 1.54) is 12.4 Å². The normalized spacial score (nSPS) is 11.2. The first-order valence-corrected chi connectivity index (χ1v) is 7.63. The van der Waals surface area contributed by atoms with E-state index >= 15 is 0 Å². The molecule has 3 heterocycles. The number of hydrogen-bond donors (Lipinski definition) is 3. The summed E-state index contributed by atoms with van der Waals surface area (Å²) in [6.07, 6.45) is 1.39. The minimum Gasteiger partial charge on any atom is -0.477 e. The van der Waals surface area contributed by atoms with Gasteiger partial charge in [0.25, 0.3) is 0 Å². The topological polar surface area (TPSA) is 104 Å². The van der Waals surface area contributed by atoms with Crippen molar-refractivity contribution in [3.8, 4) is 0 Å². The standard InChI is InChI=1S/C15H11N5O2S/c1-7-18-10-3-2-8(4-12(10)23-7)19-13-9-5-11(15(21)22)20-14(9)17-6-16-13/h2-6H,1H3,(H,21,22)(H2,16,17,19,20). The number of rotatable bonds is 3. The number of aromatic amines is 1. The zero-order chi connectivity index (χ0) is 16.0. The summed E-state index contributed by atoms with van der Waals surface area (Å²) < 4.78 is 1.08. The van der Waals surface area contributed by atoms with E-state index < -0.39 is 5.97 Å². The van der Waals surface area contributed by atoms with Crippen molar-refractivity contribution in [3.63, 3.8) is 0 Å². The van der Waals surface area contributed by atoms with Crippen molar-refractivity contribution in [3.05, 3.63) is 41.3 Å². The lowest BCUT2D eigenvalue weighted by Gasteiger charge is -2.06. The molecule has 0 bridgehead atoms. The van der Waals surface area contributed by atoms with Crippen LogP contribution in [-0.2, 0) is 0 Å². The van der Waals surface area contributed by atoms with Gasteiger partial charge in [0.2, 0.25) is 0 Å². The molecule has 0 radical (unpaired) electrons. The summed E-state index contributed by atoms with van der Waals surface area (Å²) in [6, 6.07) is 7.38. The van der Waals surface area contributed by atoms with Gasteiger partial charge in [-0.25, -0.2) is 19.7 Å². The van der Waals surface area contributed by atoms with E-state index in [4.69, 9.17) is 5.11 Å². The van der Waals surface area contributed by atoms with Crippen molar-refractivity contribution < 1.29 is 9.90 Å². The van der Waals surface area contributed by atoms with E-state index in [1.807, 2.05) is 25.1 Å². The van der Waals surface area contributed by atoms with Crippen LogP contribution in [0.3, 0.4) is 0 Å². The van der Waals surface area contributed by atoms with Crippen molar-refractivity contribution in [1.29, 1.82) is 0 Å². The zero-order valence-electron chi connectivity index (χ0n) is 12.0. The van der Waals surface area contributed by atoms with Crippen LogP contribution in [0.5, 0.6) is 0 Å². The molecule has 3 aromatic heterocycles. The van der Waals surface area contributed by atoms with Gasteiger partial charge in [-0.05, 0) is 31.2 Å². The molecular formula is C15H11N5O2S. The predicted octanol–water partition coefficient (Wildman–Crippen LogP) is 3.32. The van der Waals surface area contributed by atoms with Crippen LogP contribution in [-0.4, -0.2) is 31.0 Å². The van der Waals surface area contributed by atoms with Gasteiger partial charge in [-0.3, -0.25) is 0 Å². The molecule has 0 saturated carbocycles. The van der Waals surface area contributed by atoms with E-state index in [0.29, 0.717) is 16.9 Å². The molecule has 1 aromatic carbocycles. The largest absolute Gasteiger partial charge is 0.477 e. The Morgan fingerprint density at radius 1 is 1.30 bits per heavy atom. The fourth-order valence-corrected chi connectivity index (χ4v) is 3.28. The number of carboxylic acid groups (broad SMARTS) is 1. The third-order valence-corrected chi connectivity index (χ3v) is 4.35. The highest BCUT2D eigenvalue weighted by molar-refractivity contribution is 7.18. The van der Waals surface area contributed by atoms with E-state index in [-0.39, 0.29) is 5.69 Å². The summed E-state index contributed by atoms with van der Waals surface area (Å²) in [4.78, 5) is 26.5. The summed E-state index contributed by atoms with van der Waals surface area (Å²) in [5.74, 6) is -0.477. The third kappa shape index (κ3) is 2.38. The first-order valence-electron chi connectivity index (χ1n) is 6.81. The Morgan fingerprint density at radius 3 is 3.00 bits per heavy atom. The number of aryl methyl sites for hydroxylation is 1. The van der Waals surface area contributed by atoms with Gasteiger partial charge in [-0.15, -0.1) is 11.3 Å². The molecule has 0 fully saturated rings. The Bertz CT molecular complexity index is 1050. The van der Waals surface area contributed by atoms with E-state index in [0.717, 1.165) is 20.9 Å². The summed E-state index contributed by atoms with van der Waals surface area (Å²) in [5.41, 5.74) is 2.38. The molecule has 4 rings (SSSR count). The van der Waals surface area contributed by atoms with E-state index in [1.54, 1.807) is 11.3 Å². The first kappa shape index (κ1) is 13.6. The van der Waals surface area contributed by atoms with Gasteiger partial charge in [-0.2, -0.15) is 0 Å². The molecule has 0 saturated heterocycles. The highest BCUT2D eigenvalue weighted by Gasteiger charge is 2.12. The monoisotopic (exact) mass is 325 g/mol. The number of carbonyl (C=O) groups is 1. The number of H-pyrrole nitrogens is 1. The third-order valence-electron chi connectivity index (χ3n) is 3.41. The second-order valence-electron chi connectivity index (χ2n) is 5.01. The maximum absolute atomic E-state index is 11.1. The van der Waals surface area contributed by atoms with Crippen LogP contribution >= 0.6 is 11.3 Å². The zero-order valence-corrected chi connectivity index (χ0v) is 12.8. The van der Waals surface area contributed by atoms with Crippen molar-refractivity contribution >= 4 is 50.1 Å². The van der Waals surface area contributed by atoms with Crippen LogP contribution < -0.4 is 5.32 Å². The number of benzene rings is 1. The molecule has 0 amide bonds. The highest BCUT2D eigenvalue weighted by Crippen LogP contribution is 2.28. The number of thiazole rings is 1. The molecular weight excluding hydrogens is 314 g/mol. The van der Waals surface area contributed by atoms with Crippen LogP contribution in [0.25, 0.3) is 21.3 Å². The molecule has 3 N–H and O–H groups in total. The fourth-order valence-electron chi connectivity index (χ4n) is 2.41. The van der Waals surface area contributed by atoms with Crippen LogP contribution in [0.15, 0.2) is 30.6 Å².